The normalized spacial score (nSPS) is 11.0. The van der Waals surface area contributed by atoms with Gasteiger partial charge < -0.3 is 19.5 Å². The van der Waals surface area contributed by atoms with Crippen LogP contribution in [0, 0.1) is 11.7 Å². The maximum absolute atomic E-state index is 13.7. The molecule has 40 heavy (non-hydrogen) atoms. The number of urea groups is 1. The van der Waals surface area contributed by atoms with Gasteiger partial charge in [0.05, 0.1) is 23.8 Å². The Balaban J connectivity index is 1.59. The number of carbonyl (C=O) groups is 2. The van der Waals surface area contributed by atoms with E-state index in [0.29, 0.717) is 34.3 Å². The maximum Gasteiger partial charge on any atom is 0.322 e. The molecule has 0 saturated carbocycles. The molecule has 4 rings (SSSR count). The van der Waals surface area contributed by atoms with Gasteiger partial charge in [0.1, 0.15) is 17.9 Å². The number of para-hydroxylation sites is 1. The Labute approximate surface area is 233 Å². The van der Waals surface area contributed by atoms with E-state index in [4.69, 9.17) is 4.42 Å². The van der Waals surface area contributed by atoms with E-state index < -0.39 is 0 Å². The predicted octanol–water partition coefficient (Wildman–Crippen LogP) is 6.21. The molecule has 0 spiro atoms. The summed E-state index contributed by atoms with van der Waals surface area (Å²) in [5.74, 6) is -0.627. The van der Waals surface area contributed by atoms with Crippen molar-refractivity contribution in [3.63, 3.8) is 0 Å². The van der Waals surface area contributed by atoms with Crippen LogP contribution in [0.5, 0.6) is 0 Å². The Kier molecular flexibility index (Phi) is 9.32. The summed E-state index contributed by atoms with van der Waals surface area (Å²) >= 11 is 0. The quantitative estimate of drug-likeness (QED) is 0.258. The van der Waals surface area contributed by atoms with Gasteiger partial charge in [-0.15, -0.1) is 0 Å². The molecule has 0 saturated heterocycles. The van der Waals surface area contributed by atoms with Crippen molar-refractivity contribution < 1.29 is 18.4 Å². The van der Waals surface area contributed by atoms with Crippen LogP contribution < -0.4 is 10.7 Å². The number of anilines is 1. The monoisotopic (exact) mass is 543 g/mol. The molecule has 4 aromatic rings. The smallest absolute Gasteiger partial charge is 0.322 e. The minimum Gasteiger partial charge on any atom is -0.464 e. The van der Waals surface area contributed by atoms with Crippen LogP contribution in [0.25, 0.3) is 11.0 Å². The Morgan fingerprint density at radius 3 is 2.40 bits per heavy atom. The van der Waals surface area contributed by atoms with Gasteiger partial charge in [-0.2, -0.15) is 0 Å². The molecule has 1 heterocycles. The molecule has 3 aromatic carbocycles. The van der Waals surface area contributed by atoms with Crippen molar-refractivity contribution >= 4 is 28.6 Å². The fourth-order valence-electron chi connectivity index (χ4n) is 4.47. The maximum atomic E-state index is 13.7. The van der Waals surface area contributed by atoms with Crippen LogP contribution in [-0.2, 0) is 24.3 Å². The largest absolute Gasteiger partial charge is 0.464 e. The second-order valence-electron chi connectivity index (χ2n) is 10.2. The zero-order chi connectivity index (χ0) is 28.6. The number of hydrogen-bond acceptors (Lipinski definition) is 4. The van der Waals surface area contributed by atoms with Gasteiger partial charge in [-0.3, -0.25) is 9.59 Å². The minimum absolute atomic E-state index is 0.0287. The molecular weight excluding hydrogens is 509 g/mol. The van der Waals surface area contributed by atoms with Gasteiger partial charge in [0.25, 0.3) is 0 Å². The first-order chi connectivity index (χ1) is 19.2. The molecule has 208 valence electrons. The van der Waals surface area contributed by atoms with E-state index in [0.717, 1.165) is 12.0 Å². The molecule has 1 aromatic heterocycles. The highest BCUT2D eigenvalue weighted by atomic mass is 19.1. The van der Waals surface area contributed by atoms with E-state index in [1.807, 2.05) is 45.0 Å². The molecule has 0 aliphatic carbocycles. The van der Waals surface area contributed by atoms with Crippen LogP contribution in [-0.4, -0.2) is 34.8 Å². The van der Waals surface area contributed by atoms with Crippen molar-refractivity contribution in [3.05, 3.63) is 112 Å². The molecule has 3 amide bonds. The van der Waals surface area contributed by atoms with E-state index in [1.54, 1.807) is 36.4 Å². The zero-order valence-electron chi connectivity index (χ0n) is 23.0. The van der Waals surface area contributed by atoms with E-state index >= 15 is 0 Å². The van der Waals surface area contributed by atoms with Crippen molar-refractivity contribution in [2.24, 2.45) is 5.92 Å². The lowest BCUT2D eigenvalue weighted by Gasteiger charge is -2.29. The summed E-state index contributed by atoms with van der Waals surface area (Å²) in [6, 6.07) is 20.0. The molecule has 0 aliphatic rings. The van der Waals surface area contributed by atoms with Crippen molar-refractivity contribution in [1.82, 2.24) is 9.80 Å². The van der Waals surface area contributed by atoms with E-state index in [2.05, 4.69) is 5.32 Å². The number of fused-ring (bicyclic) bond motifs is 1. The molecule has 0 unspecified atom stereocenters. The van der Waals surface area contributed by atoms with Gasteiger partial charge in [-0.1, -0.05) is 57.2 Å². The fraction of sp³-hybridized carbons (Fsp3) is 0.281. The number of benzene rings is 3. The summed E-state index contributed by atoms with van der Waals surface area (Å²) in [6.07, 6.45) is 2.20. The van der Waals surface area contributed by atoms with Crippen molar-refractivity contribution in [3.8, 4) is 0 Å². The number of carbonyl (C=O) groups excluding carboxylic acids is 2. The molecule has 0 atom stereocenters. The predicted molar refractivity (Wildman–Crippen MR) is 154 cm³/mol. The highest BCUT2D eigenvalue weighted by Crippen LogP contribution is 2.16. The van der Waals surface area contributed by atoms with Crippen LogP contribution in [0.3, 0.4) is 0 Å². The molecule has 0 aliphatic heterocycles. The summed E-state index contributed by atoms with van der Waals surface area (Å²) in [5, 5.41) is 3.33. The number of nitrogens with zero attached hydrogens (tertiary/aromatic N) is 2. The third-order valence-electron chi connectivity index (χ3n) is 6.54. The number of halogens is 1. The van der Waals surface area contributed by atoms with Gasteiger partial charge in [0.2, 0.25) is 5.91 Å². The van der Waals surface area contributed by atoms with Crippen molar-refractivity contribution in [1.29, 1.82) is 0 Å². The first kappa shape index (κ1) is 28.5. The van der Waals surface area contributed by atoms with Gasteiger partial charge in [-0.05, 0) is 59.9 Å². The summed E-state index contributed by atoms with van der Waals surface area (Å²) in [7, 11) is 0. The lowest BCUT2D eigenvalue weighted by atomic mass is 10.1. The van der Waals surface area contributed by atoms with E-state index in [1.165, 1.54) is 28.2 Å². The molecule has 0 fully saturated rings. The Morgan fingerprint density at radius 1 is 0.925 bits per heavy atom. The zero-order valence-corrected chi connectivity index (χ0v) is 23.0. The first-order valence-corrected chi connectivity index (χ1v) is 13.4. The summed E-state index contributed by atoms with van der Waals surface area (Å²) in [5.41, 5.74) is 2.97. The average Bonchev–Trinajstić information content (AvgIpc) is 2.94. The third kappa shape index (κ3) is 7.34. The van der Waals surface area contributed by atoms with Crippen LogP contribution in [0.1, 0.15) is 37.5 Å². The second-order valence-corrected chi connectivity index (χ2v) is 10.2. The summed E-state index contributed by atoms with van der Waals surface area (Å²) in [4.78, 5) is 43.2. The standard InChI is InChI=1S/C32H34FN3O4/c1-4-23-8-7-9-27(16-23)34-32(39)36(17-22(2)3)20-30(37)35(18-24-12-14-26(33)15-13-24)19-25-21-40-29-11-6-5-10-28(29)31(25)38/h5-16,21-22H,4,17-20H2,1-3H3,(H,34,39). The Morgan fingerprint density at radius 2 is 1.68 bits per heavy atom. The number of nitrogens with one attached hydrogen (secondary N) is 1. The number of amides is 3. The topological polar surface area (TPSA) is 82.9 Å². The first-order valence-electron chi connectivity index (χ1n) is 13.4. The Hall–Kier alpha value is -4.46. The molecule has 1 N–H and O–H groups in total. The van der Waals surface area contributed by atoms with E-state index in [9.17, 15) is 18.8 Å². The van der Waals surface area contributed by atoms with Gasteiger partial charge in [-0.25, -0.2) is 9.18 Å². The highest BCUT2D eigenvalue weighted by Gasteiger charge is 2.24. The summed E-state index contributed by atoms with van der Waals surface area (Å²) in [6.45, 7) is 6.24. The molecule has 7 nitrogen and oxygen atoms in total. The van der Waals surface area contributed by atoms with Gasteiger partial charge in [0, 0.05) is 18.8 Å². The SMILES string of the molecule is CCc1cccc(NC(=O)N(CC(=O)N(Cc2ccc(F)cc2)Cc2coc3ccccc3c2=O)CC(C)C)c1. The fourth-order valence-corrected chi connectivity index (χ4v) is 4.47. The van der Waals surface area contributed by atoms with Gasteiger partial charge >= 0.3 is 6.03 Å². The molecule has 8 heteroatoms. The summed E-state index contributed by atoms with van der Waals surface area (Å²) < 4.78 is 19.2. The second kappa shape index (κ2) is 13.1. The molecular formula is C32H34FN3O4. The molecule has 0 bridgehead atoms. The minimum atomic E-state index is -0.387. The molecule has 0 radical (unpaired) electrons. The van der Waals surface area contributed by atoms with Crippen LogP contribution in [0.4, 0.5) is 14.9 Å². The lowest BCUT2D eigenvalue weighted by Crippen LogP contribution is -2.45. The van der Waals surface area contributed by atoms with Gasteiger partial charge in [0.15, 0.2) is 5.43 Å². The van der Waals surface area contributed by atoms with Crippen LogP contribution >= 0.6 is 0 Å². The van der Waals surface area contributed by atoms with Crippen molar-refractivity contribution in [2.75, 3.05) is 18.4 Å². The average molecular weight is 544 g/mol. The number of rotatable bonds is 10. The number of hydrogen-bond donors (Lipinski definition) is 1. The highest BCUT2D eigenvalue weighted by molar-refractivity contribution is 5.92. The lowest BCUT2D eigenvalue weighted by molar-refractivity contribution is -0.133. The van der Waals surface area contributed by atoms with Crippen LogP contribution in [0.15, 0.2) is 88.3 Å². The number of aryl methyl sites for hydroxylation is 1. The van der Waals surface area contributed by atoms with Crippen LogP contribution in [0.2, 0.25) is 0 Å². The van der Waals surface area contributed by atoms with Crippen molar-refractivity contribution in [2.45, 2.75) is 40.3 Å². The third-order valence-corrected chi connectivity index (χ3v) is 6.54. The van der Waals surface area contributed by atoms with E-state index in [-0.39, 0.29) is 48.7 Å². The Bertz CT molecular complexity index is 1530.